The average Bonchev–Trinajstić information content (AvgIpc) is 2.25. The van der Waals surface area contributed by atoms with Crippen molar-refractivity contribution in [3.63, 3.8) is 0 Å². The Morgan fingerprint density at radius 1 is 1.62 bits per heavy atom. The van der Waals surface area contributed by atoms with Crippen LogP contribution in [0.25, 0.3) is 0 Å². The molecule has 0 aliphatic heterocycles. The summed E-state index contributed by atoms with van der Waals surface area (Å²) in [5, 5.41) is 11.3. The molecule has 1 amide bonds. The zero-order valence-electron chi connectivity index (χ0n) is 9.03. The smallest absolute Gasteiger partial charge is 0.254 e. The highest BCUT2D eigenvalue weighted by Gasteiger charge is 2.12. The van der Waals surface area contributed by atoms with Crippen LogP contribution < -0.4 is 11.1 Å². The number of hydrogen-bond donors (Lipinski definition) is 3. The Morgan fingerprint density at radius 2 is 2.31 bits per heavy atom. The van der Waals surface area contributed by atoms with E-state index < -0.39 is 11.7 Å². The molecule has 1 atom stereocenters. The van der Waals surface area contributed by atoms with Gasteiger partial charge in [0.05, 0.1) is 5.56 Å². The summed E-state index contributed by atoms with van der Waals surface area (Å²) in [6, 6.07) is 3.90. The molecule has 0 aliphatic carbocycles. The van der Waals surface area contributed by atoms with Gasteiger partial charge >= 0.3 is 0 Å². The zero-order chi connectivity index (χ0) is 12.1. The zero-order valence-corrected chi connectivity index (χ0v) is 9.03. The molecule has 0 heterocycles. The molecule has 0 spiro atoms. The van der Waals surface area contributed by atoms with Crippen LogP contribution in [0.5, 0.6) is 0 Å². The topological polar surface area (TPSA) is 75.3 Å². The maximum atomic E-state index is 13.3. The van der Waals surface area contributed by atoms with Crippen LogP contribution in [0.1, 0.15) is 17.3 Å². The van der Waals surface area contributed by atoms with Crippen molar-refractivity contribution in [3.8, 4) is 0 Å². The average molecular weight is 226 g/mol. The highest BCUT2D eigenvalue weighted by Crippen LogP contribution is 2.11. The van der Waals surface area contributed by atoms with Crippen molar-refractivity contribution in [2.75, 3.05) is 18.9 Å². The summed E-state index contributed by atoms with van der Waals surface area (Å²) in [4.78, 5) is 11.5. The summed E-state index contributed by atoms with van der Waals surface area (Å²) in [5.74, 6) is -1.20. The largest absolute Gasteiger partial charge is 0.399 e. The van der Waals surface area contributed by atoms with Crippen LogP contribution in [-0.4, -0.2) is 24.2 Å². The second kappa shape index (κ2) is 5.46. The minimum absolute atomic E-state index is 0.0233. The summed E-state index contributed by atoms with van der Waals surface area (Å²) in [6.07, 6.45) is 0. The molecule has 1 rings (SSSR count). The Kier molecular flexibility index (Phi) is 4.25. The SMILES string of the molecule is CC(CO)CNC(=O)c1ccc(N)cc1F. The molecule has 0 aliphatic rings. The van der Waals surface area contributed by atoms with Gasteiger partial charge < -0.3 is 16.2 Å². The highest BCUT2D eigenvalue weighted by atomic mass is 19.1. The van der Waals surface area contributed by atoms with Crippen molar-refractivity contribution >= 4 is 11.6 Å². The fourth-order valence-corrected chi connectivity index (χ4v) is 1.14. The molecule has 5 heteroatoms. The van der Waals surface area contributed by atoms with Crippen LogP contribution in [0.15, 0.2) is 18.2 Å². The number of nitrogen functional groups attached to an aromatic ring is 1. The van der Waals surface area contributed by atoms with Crippen LogP contribution in [0.4, 0.5) is 10.1 Å². The molecule has 4 nitrogen and oxygen atoms in total. The molecule has 0 saturated heterocycles. The maximum Gasteiger partial charge on any atom is 0.254 e. The van der Waals surface area contributed by atoms with Gasteiger partial charge in [-0.25, -0.2) is 4.39 Å². The van der Waals surface area contributed by atoms with E-state index in [1.165, 1.54) is 12.1 Å². The number of nitrogens with two attached hydrogens (primary N) is 1. The number of hydrogen-bond acceptors (Lipinski definition) is 3. The lowest BCUT2D eigenvalue weighted by Crippen LogP contribution is -2.30. The Morgan fingerprint density at radius 3 is 2.88 bits per heavy atom. The molecular formula is C11H15FN2O2. The number of carbonyl (C=O) groups is 1. The molecule has 0 fully saturated rings. The molecule has 88 valence electrons. The Balaban J connectivity index is 2.66. The molecule has 0 bridgehead atoms. The summed E-state index contributed by atoms with van der Waals surface area (Å²) in [5.41, 5.74) is 5.60. The summed E-state index contributed by atoms with van der Waals surface area (Å²) < 4.78 is 13.3. The van der Waals surface area contributed by atoms with E-state index in [1.54, 1.807) is 6.92 Å². The van der Waals surface area contributed by atoms with E-state index in [4.69, 9.17) is 10.8 Å². The number of nitrogens with one attached hydrogen (secondary N) is 1. The van der Waals surface area contributed by atoms with Crippen LogP contribution in [-0.2, 0) is 0 Å². The first-order valence-electron chi connectivity index (χ1n) is 4.98. The number of benzene rings is 1. The van der Waals surface area contributed by atoms with E-state index >= 15 is 0 Å². The van der Waals surface area contributed by atoms with Gasteiger partial charge in [-0.15, -0.1) is 0 Å². The van der Waals surface area contributed by atoms with Gasteiger partial charge in [0.2, 0.25) is 0 Å². The molecule has 1 aromatic carbocycles. The first kappa shape index (κ1) is 12.4. The maximum absolute atomic E-state index is 13.3. The predicted octanol–water partition coefficient (Wildman–Crippen LogP) is 0.766. The molecule has 0 aromatic heterocycles. The van der Waals surface area contributed by atoms with E-state index in [-0.39, 0.29) is 23.8 Å². The number of aliphatic hydroxyl groups is 1. The predicted molar refractivity (Wildman–Crippen MR) is 59.4 cm³/mol. The van der Waals surface area contributed by atoms with Gasteiger partial charge in [0.15, 0.2) is 0 Å². The molecular weight excluding hydrogens is 211 g/mol. The van der Waals surface area contributed by atoms with E-state index in [0.29, 0.717) is 6.54 Å². The fraction of sp³-hybridized carbons (Fsp3) is 0.364. The minimum atomic E-state index is -0.644. The summed E-state index contributed by atoms with van der Waals surface area (Å²) >= 11 is 0. The van der Waals surface area contributed by atoms with Gasteiger partial charge in [0.1, 0.15) is 5.82 Å². The molecule has 0 radical (unpaired) electrons. The summed E-state index contributed by atoms with van der Waals surface area (Å²) in [7, 11) is 0. The van der Waals surface area contributed by atoms with Crippen molar-refractivity contribution in [1.82, 2.24) is 5.32 Å². The van der Waals surface area contributed by atoms with Gasteiger partial charge in [-0.2, -0.15) is 0 Å². The monoisotopic (exact) mass is 226 g/mol. The normalized spacial score (nSPS) is 12.2. The van der Waals surface area contributed by atoms with E-state index in [1.807, 2.05) is 0 Å². The van der Waals surface area contributed by atoms with Crippen molar-refractivity contribution in [3.05, 3.63) is 29.6 Å². The van der Waals surface area contributed by atoms with E-state index in [9.17, 15) is 9.18 Å². The van der Waals surface area contributed by atoms with Crippen LogP contribution in [0.2, 0.25) is 0 Å². The summed E-state index contributed by atoms with van der Waals surface area (Å²) in [6.45, 7) is 2.06. The van der Waals surface area contributed by atoms with Crippen LogP contribution in [0, 0.1) is 11.7 Å². The second-order valence-corrected chi connectivity index (χ2v) is 3.74. The number of amides is 1. The number of carbonyl (C=O) groups excluding carboxylic acids is 1. The molecule has 4 N–H and O–H groups in total. The van der Waals surface area contributed by atoms with Crippen LogP contribution in [0.3, 0.4) is 0 Å². The number of rotatable bonds is 4. The second-order valence-electron chi connectivity index (χ2n) is 3.74. The Labute approximate surface area is 93.3 Å². The van der Waals surface area contributed by atoms with Gasteiger partial charge in [-0.1, -0.05) is 6.92 Å². The number of aliphatic hydroxyl groups excluding tert-OH is 1. The fourth-order valence-electron chi connectivity index (χ4n) is 1.14. The third-order valence-corrected chi connectivity index (χ3v) is 2.16. The molecule has 1 aromatic rings. The van der Waals surface area contributed by atoms with E-state index in [0.717, 1.165) is 6.07 Å². The number of halogens is 1. The van der Waals surface area contributed by atoms with Gasteiger partial charge in [0.25, 0.3) is 5.91 Å². The quantitative estimate of drug-likeness (QED) is 0.664. The van der Waals surface area contributed by atoms with Gasteiger partial charge in [-0.05, 0) is 24.1 Å². The van der Waals surface area contributed by atoms with Gasteiger partial charge in [0, 0.05) is 18.8 Å². The third kappa shape index (κ3) is 3.20. The molecule has 16 heavy (non-hydrogen) atoms. The van der Waals surface area contributed by atoms with Crippen LogP contribution >= 0.6 is 0 Å². The van der Waals surface area contributed by atoms with Crippen molar-refractivity contribution < 1.29 is 14.3 Å². The van der Waals surface area contributed by atoms with Crippen molar-refractivity contribution in [2.45, 2.75) is 6.92 Å². The molecule has 1 unspecified atom stereocenters. The first-order chi connectivity index (χ1) is 7.54. The minimum Gasteiger partial charge on any atom is -0.399 e. The van der Waals surface area contributed by atoms with Crippen molar-refractivity contribution in [1.29, 1.82) is 0 Å². The van der Waals surface area contributed by atoms with E-state index in [2.05, 4.69) is 5.32 Å². The highest BCUT2D eigenvalue weighted by molar-refractivity contribution is 5.94. The standard InChI is InChI=1S/C11H15FN2O2/c1-7(6-15)5-14-11(16)9-3-2-8(13)4-10(9)12/h2-4,7,15H,5-6,13H2,1H3,(H,14,16). The lowest BCUT2D eigenvalue weighted by molar-refractivity contribution is 0.0938. The third-order valence-electron chi connectivity index (χ3n) is 2.16. The lowest BCUT2D eigenvalue weighted by atomic mass is 10.1. The number of anilines is 1. The molecule has 0 saturated carbocycles. The Bertz CT molecular complexity index is 382. The van der Waals surface area contributed by atoms with Gasteiger partial charge in [-0.3, -0.25) is 4.79 Å². The first-order valence-corrected chi connectivity index (χ1v) is 4.98. The Hall–Kier alpha value is -1.62. The lowest BCUT2D eigenvalue weighted by Gasteiger charge is -2.10. The van der Waals surface area contributed by atoms with Crippen molar-refractivity contribution in [2.24, 2.45) is 5.92 Å².